The zero-order chi connectivity index (χ0) is 9.97. The van der Waals surface area contributed by atoms with Crippen molar-refractivity contribution in [3.05, 3.63) is 18.0 Å². The monoisotopic (exact) mass is 195 g/mol. The molecule has 1 aromatic heterocycles. The molecule has 0 radical (unpaired) electrons. The number of hydrogen-bond acceptors (Lipinski definition) is 3. The number of rotatable bonds is 5. The van der Waals surface area contributed by atoms with Gasteiger partial charge in [-0.25, -0.2) is 0 Å². The maximum Gasteiger partial charge on any atom is 0.0764 e. The fourth-order valence-corrected chi connectivity index (χ4v) is 1.71. The fourth-order valence-electron chi connectivity index (χ4n) is 1.71. The van der Waals surface area contributed by atoms with E-state index in [1.807, 2.05) is 24.0 Å². The van der Waals surface area contributed by atoms with E-state index in [0.717, 1.165) is 18.8 Å². The van der Waals surface area contributed by atoms with E-state index >= 15 is 0 Å². The lowest BCUT2D eigenvalue weighted by atomic mass is 10.3. The first-order chi connectivity index (χ1) is 6.79. The highest BCUT2D eigenvalue weighted by molar-refractivity contribution is 5.00. The van der Waals surface area contributed by atoms with E-state index in [9.17, 15) is 0 Å². The van der Waals surface area contributed by atoms with E-state index in [0.29, 0.717) is 6.04 Å². The van der Waals surface area contributed by atoms with E-state index in [1.165, 1.54) is 12.8 Å². The Bertz CT molecular complexity index is 293. The first-order valence-corrected chi connectivity index (χ1v) is 5.13. The van der Waals surface area contributed by atoms with Gasteiger partial charge in [-0.15, -0.1) is 0 Å². The molecule has 0 aliphatic heterocycles. The van der Waals surface area contributed by atoms with Gasteiger partial charge in [0.2, 0.25) is 0 Å². The van der Waals surface area contributed by atoms with Gasteiger partial charge >= 0.3 is 0 Å². The minimum absolute atomic E-state index is 0.239. The predicted molar refractivity (Wildman–Crippen MR) is 53.7 cm³/mol. The summed E-state index contributed by atoms with van der Waals surface area (Å²) in [6.45, 7) is 1.87. The van der Waals surface area contributed by atoms with Crippen LogP contribution in [-0.4, -0.2) is 39.0 Å². The van der Waals surface area contributed by atoms with Crippen molar-refractivity contribution in [3.8, 4) is 0 Å². The molecule has 1 N–H and O–H groups in total. The average molecular weight is 195 g/mol. The molecule has 0 bridgehead atoms. The van der Waals surface area contributed by atoms with Crippen molar-refractivity contribution in [2.45, 2.75) is 25.4 Å². The quantitative estimate of drug-likeness (QED) is 0.738. The molecule has 1 aromatic rings. The number of hydrogen-bond donors (Lipinski definition) is 1. The van der Waals surface area contributed by atoms with Gasteiger partial charge < -0.3 is 5.11 Å². The molecular formula is C10H17N3O. The summed E-state index contributed by atoms with van der Waals surface area (Å²) >= 11 is 0. The van der Waals surface area contributed by atoms with E-state index < -0.39 is 0 Å². The van der Waals surface area contributed by atoms with Crippen LogP contribution in [0.25, 0.3) is 0 Å². The van der Waals surface area contributed by atoms with Gasteiger partial charge in [0.15, 0.2) is 0 Å². The predicted octanol–water partition coefficient (Wildman–Crippen LogP) is 0.377. The lowest BCUT2D eigenvalue weighted by Crippen LogP contribution is -2.28. The molecule has 78 valence electrons. The van der Waals surface area contributed by atoms with Crippen molar-refractivity contribution in [1.29, 1.82) is 0 Å². The van der Waals surface area contributed by atoms with Crippen LogP contribution in [0.1, 0.15) is 18.5 Å². The summed E-state index contributed by atoms with van der Waals surface area (Å²) in [5.74, 6) is 0. The van der Waals surface area contributed by atoms with E-state index in [2.05, 4.69) is 10.00 Å². The first kappa shape index (κ1) is 9.68. The molecule has 1 fully saturated rings. The molecule has 0 atom stereocenters. The average Bonchev–Trinajstić information content (AvgIpc) is 2.91. The summed E-state index contributed by atoms with van der Waals surface area (Å²) in [5, 5.41) is 13.3. The molecular weight excluding hydrogens is 178 g/mol. The molecule has 1 aliphatic carbocycles. The second kappa shape index (κ2) is 4.11. The van der Waals surface area contributed by atoms with Gasteiger partial charge in [0.1, 0.15) is 0 Å². The maximum atomic E-state index is 8.93. The second-order valence-electron chi connectivity index (χ2n) is 3.91. The van der Waals surface area contributed by atoms with Gasteiger partial charge in [-0.3, -0.25) is 9.58 Å². The first-order valence-electron chi connectivity index (χ1n) is 5.13. The summed E-state index contributed by atoms with van der Waals surface area (Å²) in [4.78, 5) is 2.31. The van der Waals surface area contributed by atoms with Gasteiger partial charge in [0.25, 0.3) is 0 Å². The van der Waals surface area contributed by atoms with Crippen molar-refractivity contribution >= 4 is 0 Å². The highest BCUT2D eigenvalue weighted by Crippen LogP contribution is 2.27. The third-order valence-corrected chi connectivity index (χ3v) is 2.58. The summed E-state index contributed by atoms with van der Waals surface area (Å²) in [7, 11) is 1.93. The fraction of sp³-hybridized carbons (Fsp3) is 0.700. The Labute approximate surface area is 84.1 Å². The van der Waals surface area contributed by atoms with Crippen molar-refractivity contribution < 1.29 is 5.11 Å². The molecule has 0 spiro atoms. The number of aromatic nitrogens is 2. The molecule has 0 saturated heterocycles. The summed E-state index contributed by atoms with van der Waals surface area (Å²) in [6, 6.07) is 2.72. The van der Waals surface area contributed by atoms with Crippen molar-refractivity contribution in [2.75, 3.05) is 13.2 Å². The van der Waals surface area contributed by atoms with E-state index in [-0.39, 0.29) is 6.61 Å². The second-order valence-corrected chi connectivity index (χ2v) is 3.91. The van der Waals surface area contributed by atoms with Crippen LogP contribution in [0.4, 0.5) is 0 Å². The van der Waals surface area contributed by atoms with Crippen LogP contribution in [0, 0.1) is 0 Å². The highest BCUT2D eigenvalue weighted by Gasteiger charge is 2.28. The highest BCUT2D eigenvalue weighted by atomic mass is 16.3. The zero-order valence-corrected chi connectivity index (χ0v) is 8.56. The van der Waals surface area contributed by atoms with Crippen LogP contribution in [0.3, 0.4) is 0 Å². The van der Waals surface area contributed by atoms with Crippen molar-refractivity contribution in [3.63, 3.8) is 0 Å². The summed E-state index contributed by atoms with van der Waals surface area (Å²) in [6.07, 6.45) is 4.50. The molecule has 0 aromatic carbocycles. The van der Waals surface area contributed by atoms with Gasteiger partial charge in [0, 0.05) is 32.4 Å². The maximum absolute atomic E-state index is 8.93. The van der Waals surface area contributed by atoms with Crippen molar-refractivity contribution in [1.82, 2.24) is 14.7 Å². The third kappa shape index (κ3) is 2.33. The molecule has 14 heavy (non-hydrogen) atoms. The van der Waals surface area contributed by atoms with Gasteiger partial charge in [-0.1, -0.05) is 0 Å². The Kier molecular flexibility index (Phi) is 2.84. The molecule has 4 heteroatoms. The SMILES string of the molecule is Cn1ccc(CN(CCO)C2CC2)n1. The van der Waals surface area contributed by atoms with Gasteiger partial charge in [-0.05, 0) is 18.9 Å². The number of aryl methyl sites for hydroxylation is 1. The third-order valence-electron chi connectivity index (χ3n) is 2.58. The van der Waals surface area contributed by atoms with Crippen LogP contribution in [-0.2, 0) is 13.6 Å². The largest absolute Gasteiger partial charge is 0.395 e. The minimum Gasteiger partial charge on any atom is -0.395 e. The standard InChI is InChI=1S/C10H17N3O/c1-12-5-4-9(11-12)8-13(6-7-14)10-2-3-10/h4-5,10,14H,2-3,6-8H2,1H3. The normalized spacial score (nSPS) is 16.5. The molecule has 0 unspecified atom stereocenters. The van der Waals surface area contributed by atoms with Gasteiger partial charge in [0.05, 0.1) is 12.3 Å². The molecule has 4 nitrogen and oxygen atoms in total. The number of aliphatic hydroxyl groups excluding tert-OH is 1. The summed E-state index contributed by atoms with van der Waals surface area (Å²) < 4.78 is 1.82. The Morgan fingerprint density at radius 1 is 1.64 bits per heavy atom. The van der Waals surface area contributed by atoms with E-state index in [4.69, 9.17) is 5.11 Å². The molecule has 1 saturated carbocycles. The Balaban J connectivity index is 1.92. The molecule has 0 amide bonds. The van der Waals surface area contributed by atoms with Crippen LogP contribution < -0.4 is 0 Å². The Morgan fingerprint density at radius 2 is 2.43 bits per heavy atom. The van der Waals surface area contributed by atoms with E-state index in [1.54, 1.807) is 0 Å². The lowest BCUT2D eigenvalue weighted by Gasteiger charge is -2.19. The Morgan fingerprint density at radius 3 is 2.93 bits per heavy atom. The van der Waals surface area contributed by atoms with Crippen LogP contribution in [0.2, 0.25) is 0 Å². The van der Waals surface area contributed by atoms with Crippen LogP contribution >= 0.6 is 0 Å². The molecule has 1 heterocycles. The number of aliphatic hydroxyl groups is 1. The number of nitrogens with zero attached hydrogens (tertiary/aromatic N) is 3. The molecule has 2 rings (SSSR count). The van der Waals surface area contributed by atoms with Gasteiger partial charge in [-0.2, -0.15) is 5.10 Å². The smallest absolute Gasteiger partial charge is 0.0764 e. The van der Waals surface area contributed by atoms with Crippen molar-refractivity contribution in [2.24, 2.45) is 7.05 Å². The molecule has 1 aliphatic rings. The Hall–Kier alpha value is -0.870. The lowest BCUT2D eigenvalue weighted by molar-refractivity contribution is 0.181. The topological polar surface area (TPSA) is 41.3 Å². The minimum atomic E-state index is 0.239. The van der Waals surface area contributed by atoms with Crippen LogP contribution in [0.5, 0.6) is 0 Å². The summed E-state index contributed by atoms with van der Waals surface area (Å²) in [5.41, 5.74) is 1.09. The van der Waals surface area contributed by atoms with Crippen LogP contribution in [0.15, 0.2) is 12.3 Å². The zero-order valence-electron chi connectivity index (χ0n) is 8.56.